The first kappa shape index (κ1) is 23.0. The Morgan fingerprint density at radius 1 is 1.09 bits per heavy atom. The number of amides is 2. The maximum atomic E-state index is 13.8. The highest BCUT2D eigenvalue weighted by molar-refractivity contribution is 6.10. The lowest BCUT2D eigenvalue weighted by Gasteiger charge is -2.23. The molecule has 0 saturated heterocycles. The zero-order chi connectivity index (χ0) is 23.4. The van der Waals surface area contributed by atoms with Crippen LogP contribution in [0.25, 0.3) is 0 Å². The van der Waals surface area contributed by atoms with E-state index in [1.807, 2.05) is 26.0 Å². The Hall–Kier alpha value is -3.68. The first-order valence-electron chi connectivity index (χ1n) is 10.3. The van der Waals surface area contributed by atoms with Crippen molar-refractivity contribution in [1.82, 2.24) is 0 Å². The molecule has 0 fully saturated rings. The molecule has 1 aliphatic heterocycles. The second kappa shape index (κ2) is 9.64. The summed E-state index contributed by atoms with van der Waals surface area (Å²) < 4.78 is 18.8. The second-order valence-electron chi connectivity index (χ2n) is 7.67. The number of ether oxygens (including phenoxy) is 1. The average Bonchev–Trinajstić information content (AvgIpc) is 2.82. The number of aryl methyl sites for hydroxylation is 3. The molecule has 1 heterocycles. The Labute approximate surface area is 186 Å². The van der Waals surface area contributed by atoms with E-state index in [0.29, 0.717) is 28.3 Å². The largest absolute Gasteiger partial charge is 0.466 e. The molecule has 0 saturated carbocycles. The van der Waals surface area contributed by atoms with E-state index >= 15 is 0 Å². The van der Waals surface area contributed by atoms with Crippen LogP contribution in [0, 0.1) is 26.6 Å². The number of hydrogen-bond acceptors (Lipinski definition) is 5. The van der Waals surface area contributed by atoms with Crippen LogP contribution in [0.15, 0.2) is 42.1 Å². The summed E-state index contributed by atoms with van der Waals surface area (Å²) in [6.07, 6.45) is 1.19. The average molecular weight is 439 g/mol. The Balaban J connectivity index is 1.89. The van der Waals surface area contributed by atoms with Crippen molar-refractivity contribution in [2.75, 3.05) is 28.7 Å². The minimum atomic E-state index is -0.479. The molecule has 0 radical (unpaired) electrons. The Morgan fingerprint density at radius 2 is 1.81 bits per heavy atom. The number of nitrogens with one attached hydrogen (secondary N) is 2. The van der Waals surface area contributed by atoms with E-state index in [4.69, 9.17) is 4.74 Å². The number of benzene rings is 2. The number of fused-ring (bicyclic) bond motifs is 1. The topological polar surface area (TPSA) is 87.7 Å². The summed E-state index contributed by atoms with van der Waals surface area (Å²) in [6, 6.07) is 8.08. The van der Waals surface area contributed by atoms with Crippen LogP contribution in [-0.2, 0) is 19.1 Å². The van der Waals surface area contributed by atoms with Crippen LogP contribution >= 0.6 is 0 Å². The minimum Gasteiger partial charge on any atom is -0.466 e. The number of carbonyl (C=O) groups excluding carboxylic acids is 3. The van der Waals surface area contributed by atoms with Gasteiger partial charge < -0.3 is 15.4 Å². The van der Waals surface area contributed by atoms with Gasteiger partial charge in [-0.15, -0.1) is 0 Å². The van der Waals surface area contributed by atoms with E-state index < -0.39 is 23.6 Å². The fourth-order valence-corrected chi connectivity index (χ4v) is 3.32. The van der Waals surface area contributed by atoms with Gasteiger partial charge in [-0.2, -0.15) is 0 Å². The van der Waals surface area contributed by atoms with Gasteiger partial charge in [0.15, 0.2) is 0 Å². The lowest BCUT2D eigenvalue weighted by molar-refractivity contribution is -0.142. The third-order valence-electron chi connectivity index (χ3n) is 5.16. The van der Waals surface area contributed by atoms with Crippen molar-refractivity contribution in [2.24, 2.45) is 0 Å². The summed E-state index contributed by atoms with van der Waals surface area (Å²) >= 11 is 0. The Morgan fingerprint density at radius 3 is 2.50 bits per heavy atom. The Bertz CT molecular complexity index is 1110. The molecular weight excluding hydrogens is 413 g/mol. The molecule has 0 aliphatic carbocycles. The Kier molecular flexibility index (Phi) is 6.92. The number of carbonyl (C=O) groups is 3. The van der Waals surface area contributed by atoms with Crippen LogP contribution in [-0.4, -0.2) is 30.9 Å². The molecule has 168 valence electrons. The number of nitrogens with zero attached hydrogens (tertiary/aromatic N) is 1. The van der Waals surface area contributed by atoms with Crippen molar-refractivity contribution in [3.8, 4) is 0 Å². The fourth-order valence-electron chi connectivity index (χ4n) is 3.32. The second-order valence-corrected chi connectivity index (χ2v) is 7.67. The normalized spacial score (nSPS) is 13.0. The summed E-state index contributed by atoms with van der Waals surface area (Å²) in [6.45, 7) is 7.13. The zero-order valence-corrected chi connectivity index (χ0v) is 18.5. The van der Waals surface area contributed by atoms with Crippen LogP contribution in [0.3, 0.4) is 0 Å². The van der Waals surface area contributed by atoms with Crippen molar-refractivity contribution >= 4 is 34.8 Å². The van der Waals surface area contributed by atoms with Gasteiger partial charge in [-0.3, -0.25) is 19.3 Å². The molecule has 2 aromatic carbocycles. The molecule has 7 nitrogen and oxygen atoms in total. The van der Waals surface area contributed by atoms with Crippen LogP contribution < -0.4 is 15.5 Å². The van der Waals surface area contributed by atoms with Crippen LogP contribution in [0.4, 0.5) is 21.5 Å². The van der Waals surface area contributed by atoms with Gasteiger partial charge in [0.05, 0.1) is 24.4 Å². The van der Waals surface area contributed by atoms with Crippen LogP contribution in [0.2, 0.25) is 0 Å². The summed E-state index contributed by atoms with van der Waals surface area (Å²) in [5, 5.41) is 5.76. The highest BCUT2D eigenvalue weighted by Gasteiger charge is 2.26. The van der Waals surface area contributed by atoms with Gasteiger partial charge in [0.25, 0.3) is 5.91 Å². The van der Waals surface area contributed by atoms with E-state index in [0.717, 1.165) is 11.1 Å². The first-order chi connectivity index (χ1) is 15.2. The van der Waals surface area contributed by atoms with Crippen molar-refractivity contribution in [1.29, 1.82) is 0 Å². The van der Waals surface area contributed by atoms with Gasteiger partial charge in [-0.1, -0.05) is 6.07 Å². The number of hydrogen-bond donors (Lipinski definition) is 2. The highest BCUT2D eigenvalue weighted by Crippen LogP contribution is 2.33. The van der Waals surface area contributed by atoms with E-state index in [-0.39, 0.29) is 19.6 Å². The molecule has 2 N–H and O–H groups in total. The summed E-state index contributed by atoms with van der Waals surface area (Å²) in [5.41, 5.74) is 4.19. The molecule has 2 aromatic rings. The van der Waals surface area contributed by atoms with Gasteiger partial charge in [-0.25, -0.2) is 4.39 Å². The molecule has 0 atom stereocenters. The van der Waals surface area contributed by atoms with Crippen molar-refractivity contribution in [2.45, 2.75) is 34.1 Å². The van der Waals surface area contributed by atoms with Crippen molar-refractivity contribution in [3.05, 3.63) is 64.6 Å². The molecule has 0 unspecified atom stereocenters. The minimum absolute atomic E-state index is 0.103. The maximum absolute atomic E-state index is 13.8. The van der Waals surface area contributed by atoms with E-state index in [1.54, 1.807) is 26.0 Å². The van der Waals surface area contributed by atoms with E-state index in [2.05, 4.69) is 10.6 Å². The first-order valence-corrected chi connectivity index (χ1v) is 10.3. The quantitative estimate of drug-likeness (QED) is 0.665. The van der Waals surface area contributed by atoms with Gasteiger partial charge >= 0.3 is 5.97 Å². The van der Waals surface area contributed by atoms with Crippen LogP contribution in [0.5, 0.6) is 0 Å². The molecule has 1 aliphatic rings. The van der Waals surface area contributed by atoms with Gasteiger partial charge in [0.2, 0.25) is 5.91 Å². The van der Waals surface area contributed by atoms with Gasteiger partial charge in [-0.05, 0) is 68.7 Å². The van der Waals surface area contributed by atoms with E-state index in [1.165, 1.54) is 17.0 Å². The number of esters is 1. The number of halogens is 1. The molecule has 0 bridgehead atoms. The third kappa shape index (κ3) is 5.32. The third-order valence-corrected chi connectivity index (χ3v) is 5.16. The molecule has 32 heavy (non-hydrogen) atoms. The lowest BCUT2D eigenvalue weighted by Crippen LogP contribution is -2.37. The number of anilines is 3. The summed E-state index contributed by atoms with van der Waals surface area (Å²) in [7, 11) is 0. The predicted octanol–water partition coefficient (Wildman–Crippen LogP) is 3.99. The SMILES string of the molecule is CCOC(=O)CC1=CC(=O)N(CC(=O)Nc2ccc(C)c(F)c2)c2cc(C)c(C)cc2N1. The predicted molar refractivity (Wildman–Crippen MR) is 121 cm³/mol. The fraction of sp³-hybridized carbons (Fsp3) is 0.292. The van der Waals surface area contributed by atoms with Crippen molar-refractivity contribution in [3.63, 3.8) is 0 Å². The molecule has 8 heteroatoms. The summed E-state index contributed by atoms with van der Waals surface area (Å²) in [5.74, 6) is -1.82. The number of rotatable bonds is 6. The zero-order valence-electron chi connectivity index (χ0n) is 18.5. The molecule has 0 aromatic heterocycles. The van der Waals surface area contributed by atoms with Crippen molar-refractivity contribution < 1.29 is 23.5 Å². The summed E-state index contributed by atoms with van der Waals surface area (Å²) in [4.78, 5) is 39.0. The molecule has 0 spiro atoms. The standard InChI is InChI=1S/C24H26FN3O4/c1-5-32-24(31)12-18-11-23(30)28(21-9-16(4)15(3)8-20(21)26-18)13-22(29)27-17-7-6-14(2)19(25)10-17/h6-11,26H,5,12-13H2,1-4H3,(H,27,29). The maximum Gasteiger partial charge on any atom is 0.311 e. The smallest absolute Gasteiger partial charge is 0.311 e. The van der Waals surface area contributed by atoms with Gasteiger partial charge in [0.1, 0.15) is 12.4 Å². The van der Waals surface area contributed by atoms with E-state index in [9.17, 15) is 18.8 Å². The lowest BCUT2D eigenvalue weighted by atomic mass is 10.1. The van der Waals surface area contributed by atoms with Crippen LogP contribution in [0.1, 0.15) is 30.0 Å². The monoisotopic (exact) mass is 439 g/mol. The molecule has 2 amide bonds. The van der Waals surface area contributed by atoms with Gasteiger partial charge in [0, 0.05) is 17.5 Å². The highest BCUT2D eigenvalue weighted by atomic mass is 19.1. The molecule has 3 rings (SSSR count). The molecular formula is C24H26FN3O4.